The van der Waals surface area contributed by atoms with Crippen LogP contribution in [0.15, 0.2) is 70.0 Å². The second kappa shape index (κ2) is 11.9. The number of primary sulfonamides is 1. The van der Waals surface area contributed by atoms with E-state index < -0.39 is 21.8 Å². The average Bonchev–Trinajstić information content (AvgIpc) is 3.54. The molecule has 0 atom stereocenters. The number of aromatic hydroxyl groups is 1. The number of nitrogens with zero attached hydrogens (tertiary/aromatic N) is 1. The van der Waals surface area contributed by atoms with Crippen LogP contribution in [-0.2, 0) is 16.6 Å². The number of hydrazone groups is 1. The maximum atomic E-state index is 12.6. The highest BCUT2D eigenvalue weighted by molar-refractivity contribution is 7.89. The molecule has 202 valence electrons. The topological polar surface area (TPSA) is 151 Å². The number of carbonyl (C=O) groups is 2. The predicted molar refractivity (Wildman–Crippen MR) is 154 cm³/mol. The molecule has 14 heteroatoms. The predicted octanol–water partition coefficient (Wildman–Crippen LogP) is 5.22. The van der Waals surface area contributed by atoms with E-state index in [-0.39, 0.29) is 22.1 Å². The molecule has 0 aliphatic heterocycles. The highest BCUT2D eigenvalue weighted by Gasteiger charge is 2.17. The lowest BCUT2D eigenvalue weighted by molar-refractivity contribution is 0.0950. The second-order valence-electron chi connectivity index (χ2n) is 8.13. The van der Waals surface area contributed by atoms with Crippen LogP contribution in [0.25, 0.3) is 10.4 Å². The first-order valence-electron chi connectivity index (χ1n) is 11.0. The minimum Gasteiger partial charge on any atom is -0.506 e. The van der Waals surface area contributed by atoms with E-state index in [1.165, 1.54) is 35.6 Å². The first-order chi connectivity index (χ1) is 18.4. The van der Waals surface area contributed by atoms with E-state index in [0.29, 0.717) is 42.2 Å². The molecule has 4 aromatic rings. The van der Waals surface area contributed by atoms with E-state index in [4.69, 9.17) is 28.3 Å². The third kappa shape index (κ3) is 6.85. The van der Waals surface area contributed by atoms with Crippen LogP contribution in [0.3, 0.4) is 0 Å². The maximum Gasteiger partial charge on any atom is 0.281 e. The summed E-state index contributed by atoms with van der Waals surface area (Å²) >= 11 is 14.3. The van der Waals surface area contributed by atoms with Gasteiger partial charge in [-0.1, -0.05) is 41.4 Å². The Kier molecular flexibility index (Phi) is 8.74. The lowest BCUT2D eigenvalue weighted by Crippen LogP contribution is -2.22. The van der Waals surface area contributed by atoms with Gasteiger partial charge in [-0.25, -0.2) is 19.0 Å². The number of hydrogen-bond donors (Lipinski definition) is 4. The number of sulfonamides is 1. The molecule has 0 fully saturated rings. The Morgan fingerprint density at radius 2 is 1.67 bits per heavy atom. The summed E-state index contributed by atoms with van der Waals surface area (Å²) in [5.41, 5.74) is 4.64. The average molecular weight is 624 g/mol. The fourth-order valence-electron chi connectivity index (χ4n) is 3.35. The quantitative estimate of drug-likeness (QED) is 0.157. The van der Waals surface area contributed by atoms with Crippen LogP contribution in [0.1, 0.15) is 37.4 Å². The Morgan fingerprint density at radius 3 is 2.31 bits per heavy atom. The third-order valence-corrected chi connectivity index (χ3v) is 9.19. The molecule has 0 bridgehead atoms. The first-order valence-corrected chi connectivity index (χ1v) is 15.0. The summed E-state index contributed by atoms with van der Waals surface area (Å²) in [4.78, 5) is 26.2. The standard InChI is InChI=1S/C25H20Cl2N4O5S3/c1-13(17-12-37-23(22(17)32)15-4-7-18(26)19(27)10-15)30-31-25(34)21-9-8-20(38-21)24(33)29-11-14-2-5-16(6-3-14)39(28,35)36/h2-10,12,32H,11H2,1H3,(H,29,33)(H,31,34)(H2,28,35,36). The highest BCUT2D eigenvalue weighted by Crippen LogP contribution is 2.40. The number of carbonyl (C=O) groups excluding carboxylic acids is 2. The monoisotopic (exact) mass is 622 g/mol. The van der Waals surface area contributed by atoms with Gasteiger partial charge in [-0.05, 0) is 54.4 Å². The van der Waals surface area contributed by atoms with Crippen molar-refractivity contribution >= 4 is 73.4 Å². The van der Waals surface area contributed by atoms with Crippen molar-refractivity contribution in [2.75, 3.05) is 0 Å². The van der Waals surface area contributed by atoms with Crippen LogP contribution in [0.5, 0.6) is 5.75 Å². The fraction of sp³-hybridized carbons (Fsp3) is 0.0800. The van der Waals surface area contributed by atoms with Gasteiger partial charge in [0.15, 0.2) is 0 Å². The lowest BCUT2D eigenvalue weighted by Gasteiger charge is -2.05. The Morgan fingerprint density at radius 1 is 1.00 bits per heavy atom. The molecule has 39 heavy (non-hydrogen) atoms. The Hall–Kier alpha value is -3.26. The van der Waals surface area contributed by atoms with E-state index in [9.17, 15) is 23.1 Å². The van der Waals surface area contributed by atoms with Crippen molar-refractivity contribution in [3.8, 4) is 16.2 Å². The van der Waals surface area contributed by atoms with Crippen LogP contribution < -0.4 is 15.9 Å². The van der Waals surface area contributed by atoms with E-state index in [1.54, 1.807) is 42.6 Å². The smallest absolute Gasteiger partial charge is 0.281 e. The molecule has 2 heterocycles. The SMILES string of the molecule is CC(=NNC(=O)c1ccc(C(=O)NCc2ccc(S(N)(=O)=O)cc2)s1)c1csc(-c2ccc(Cl)c(Cl)c2)c1O. The molecule has 2 aromatic heterocycles. The van der Waals surface area contributed by atoms with Gasteiger partial charge in [-0.15, -0.1) is 22.7 Å². The van der Waals surface area contributed by atoms with E-state index >= 15 is 0 Å². The zero-order valence-electron chi connectivity index (χ0n) is 20.1. The zero-order chi connectivity index (χ0) is 28.3. The molecular formula is C25H20Cl2N4O5S3. The van der Waals surface area contributed by atoms with Gasteiger partial charge in [0.25, 0.3) is 11.8 Å². The van der Waals surface area contributed by atoms with Gasteiger partial charge in [0, 0.05) is 11.9 Å². The van der Waals surface area contributed by atoms with Gasteiger partial charge in [-0.3, -0.25) is 9.59 Å². The second-order valence-corrected chi connectivity index (χ2v) is 12.5. The van der Waals surface area contributed by atoms with Gasteiger partial charge in [0.1, 0.15) is 5.75 Å². The lowest BCUT2D eigenvalue weighted by atomic mass is 10.1. The number of rotatable bonds is 8. The van der Waals surface area contributed by atoms with E-state index in [2.05, 4.69) is 15.8 Å². The number of thiophene rings is 2. The maximum absolute atomic E-state index is 12.6. The third-order valence-electron chi connectivity index (χ3n) is 5.42. The van der Waals surface area contributed by atoms with Gasteiger partial charge in [-0.2, -0.15) is 5.10 Å². The molecule has 5 N–H and O–H groups in total. The van der Waals surface area contributed by atoms with Gasteiger partial charge in [0.2, 0.25) is 10.0 Å². The van der Waals surface area contributed by atoms with Crippen molar-refractivity contribution < 1.29 is 23.1 Å². The molecule has 0 unspecified atom stereocenters. The summed E-state index contributed by atoms with van der Waals surface area (Å²) in [6.45, 7) is 1.80. The molecule has 9 nitrogen and oxygen atoms in total. The van der Waals surface area contributed by atoms with E-state index in [0.717, 1.165) is 11.3 Å². The molecule has 0 spiro atoms. The molecule has 0 saturated carbocycles. The summed E-state index contributed by atoms with van der Waals surface area (Å²) in [5.74, 6) is -0.910. The Labute approximate surface area is 241 Å². The minimum absolute atomic E-state index is 0.00302. The number of benzene rings is 2. The first kappa shape index (κ1) is 28.7. The van der Waals surface area contributed by atoms with Crippen molar-refractivity contribution in [1.82, 2.24) is 10.7 Å². The van der Waals surface area contributed by atoms with Gasteiger partial charge >= 0.3 is 0 Å². The van der Waals surface area contributed by atoms with Gasteiger partial charge in [0.05, 0.1) is 40.8 Å². The molecule has 0 aliphatic rings. The molecule has 0 aliphatic carbocycles. The largest absolute Gasteiger partial charge is 0.506 e. The molecular weight excluding hydrogens is 603 g/mol. The molecule has 2 aromatic carbocycles. The van der Waals surface area contributed by atoms with Crippen LogP contribution in [-0.4, -0.2) is 31.1 Å². The number of amides is 2. The van der Waals surface area contributed by atoms with Crippen LogP contribution in [0.4, 0.5) is 0 Å². The van der Waals surface area contributed by atoms with Crippen LogP contribution in [0, 0.1) is 0 Å². The number of hydrogen-bond acceptors (Lipinski definition) is 8. The summed E-state index contributed by atoms with van der Waals surface area (Å²) in [7, 11) is -3.79. The molecule has 0 radical (unpaired) electrons. The number of nitrogens with one attached hydrogen (secondary N) is 2. The molecule has 0 saturated heterocycles. The zero-order valence-corrected chi connectivity index (χ0v) is 24.0. The van der Waals surface area contributed by atoms with Crippen molar-refractivity contribution in [2.24, 2.45) is 10.2 Å². The fourth-order valence-corrected chi connectivity index (χ4v) is 5.98. The highest BCUT2D eigenvalue weighted by atomic mass is 35.5. The number of halogens is 2. The van der Waals surface area contributed by atoms with Crippen molar-refractivity contribution in [3.63, 3.8) is 0 Å². The normalized spacial score (nSPS) is 11.8. The van der Waals surface area contributed by atoms with Crippen molar-refractivity contribution in [1.29, 1.82) is 0 Å². The minimum atomic E-state index is -3.79. The summed E-state index contributed by atoms with van der Waals surface area (Å²) in [6.07, 6.45) is 0. The van der Waals surface area contributed by atoms with Gasteiger partial charge < -0.3 is 10.4 Å². The number of nitrogens with two attached hydrogens (primary N) is 1. The van der Waals surface area contributed by atoms with Crippen molar-refractivity contribution in [2.45, 2.75) is 18.4 Å². The summed E-state index contributed by atoms with van der Waals surface area (Å²) in [5, 5.41) is 25.1. The van der Waals surface area contributed by atoms with E-state index in [1.807, 2.05) is 0 Å². The molecule has 4 rings (SSSR count). The summed E-state index contributed by atoms with van der Waals surface area (Å²) < 4.78 is 22.7. The summed E-state index contributed by atoms with van der Waals surface area (Å²) in [6, 6.07) is 13.9. The Bertz CT molecular complexity index is 1700. The van der Waals surface area contributed by atoms with Crippen LogP contribution >= 0.6 is 45.9 Å². The van der Waals surface area contributed by atoms with Crippen molar-refractivity contribution in [3.05, 3.63) is 90.9 Å². The molecule has 2 amide bonds. The Balaban J connectivity index is 1.37. The van der Waals surface area contributed by atoms with Crippen LogP contribution in [0.2, 0.25) is 10.0 Å².